The van der Waals surface area contributed by atoms with E-state index < -0.39 is 0 Å². The van der Waals surface area contributed by atoms with Gasteiger partial charge in [-0.3, -0.25) is 0 Å². The van der Waals surface area contributed by atoms with Gasteiger partial charge in [0.25, 0.3) is 0 Å². The third-order valence-corrected chi connectivity index (χ3v) is 4.05. The number of ether oxygens (including phenoxy) is 1. The number of anilines is 1. The van der Waals surface area contributed by atoms with Crippen LogP contribution in [0.1, 0.15) is 5.56 Å². The molecule has 0 saturated heterocycles. The summed E-state index contributed by atoms with van der Waals surface area (Å²) in [7, 11) is 1.65. The quantitative estimate of drug-likeness (QED) is 0.749. The third-order valence-electron chi connectivity index (χ3n) is 3.25. The number of halogens is 1. The van der Waals surface area contributed by atoms with Crippen LogP contribution in [0, 0.1) is 5.82 Å². The van der Waals surface area contributed by atoms with Gasteiger partial charge < -0.3 is 10.1 Å². The highest BCUT2D eigenvalue weighted by atomic mass is 32.1. The molecule has 112 valence electrons. The molecule has 3 nitrogen and oxygen atoms in total. The van der Waals surface area contributed by atoms with Crippen LogP contribution in [0.4, 0.5) is 9.52 Å². The van der Waals surface area contributed by atoms with Gasteiger partial charge in [-0.05, 0) is 42.0 Å². The second-order valence-electron chi connectivity index (χ2n) is 4.75. The lowest BCUT2D eigenvalue weighted by atomic mass is 10.2. The maximum atomic E-state index is 12.9. The Morgan fingerprint density at radius 1 is 1.09 bits per heavy atom. The van der Waals surface area contributed by atoms with Crippen molar-refractivity contribution in [2.24, 2.45) is 0 Å². The number of thiazole rings is 1. The van der Waals surface area contributed by atoms with Crippen LogP contribution in [-0.4, -0.2) is 12.1 Å². The number of rotatable bonds is 5. The van der Waals surface area contributed by atoms with Crippen molar-refractivity contribution in [1.29, 1.82) is 0 Å². The molecule has 3 aromatic rings. The van der Waals surface area contributed by atoms with Gasteiger partial charge in [0.05, 0.1) is 12.8 Å². The highest BCUT2D eigenvalue weighted by Crippen LogP contribution is 2.26. The van der Waals surface area contributed by atoms with Crippen molar-refractivity contribution in [3.63, 3.8) is 0 Å². The number of benzene rings is 2. The van der Waals surface area contributed by atoms with Gasteiger partial charge in [-0.1, -0.05) is 12.1 Å². The largest absolute Gasteiger partial charge is 0.497 e. The van der Waals surface area contributed by atoms with Crippen molar-refractivity contribution >= 4 is 16.5 Å². The van der Waals surface area contributed by atoms with Gasteiger partial charge in [-0.25, -0.2) is 9.37 Å². The molecule has 1 N–H and O–H groups in total. The minimum atomic E-state index is -0.222. The van der Waals surface area contributed by atoms with Crippen LogP contribution < -0.4 is 10.1 Å². The molecule has 0 amide bonds. The van der Waals surface area contributed by atoms with Gasteiger partial charge in [0, 0.05) is 17.5 Å². The summed E-state index contributed by atoms with van der Waals surface area (Å²) in [5.74, 6) is 0.605. The maximum absolute atomic E-state index is 12.9. The molecule has 0 fully saturated rings. The predicted molar refractivity (Wildman–Crippen MR) is 87.8 cm³/mol. The lowest BCUT2D eigenvalue weighted by molar-refractivity contribution is 0.415. The molecule has 0 aliphatic heterocycles. The molecule has 0 atom stereocenters. The predicted octanol–water partition coefficient (Wildman–Crippen LogP) is 4.57. The standard InChI is InChI=1S/C17H15FN2OS/c1-21-15-8-4-13(5-9-15)16-11-22-17(20-16)19-10-12-2-6-14(18)7-3-12/h2-9,11H,10H2,1H3,(H,19,20). The number of aromatic nitrogens is 1. The first-order valence-corrected chi connectivity index (χ1v) is 7.71. The Morgan fingerprint density at radius 3 is 2.50 bits per heavy atom. The summed E-state index contributed by atoms with van der Waals surface area (Å²) in [6, 6.07) is 14.2. The lowest BCUT2D eigenvalue weighted by Gasteiger charge is -2.03. The number of nitrogens with one attached hydrogen (secondary N) is 1. The van der Waals surface area contributed by atoms with E-state index >= 15 is 0 Å². The topological polar surface area (TPSA) is 34.1 Å². The lowest BCUT2D eigenvalue weighted by Crippen LogP contribution is -1.98. The van der Waals surface area contributed by atoms with Crippen LogP contribution in [0.15, 0.2) is 53.9 Å². The fourth-order valence-electron chi connectivity index (χ4n) is 2.03. The van der Waals surface area contributed by atoms with E-state index in [1.165, 1.54) is 12.1 Å². The molecule has 1 aromatic heterocycles. The summed E-state index contributed by atoms with van der Waals surface area (Å²) in [5, 5.41) is 6.10. The monoisotopic (exact) mass is 314 g/mol. The molecule has 22 heavy (non-hydrogen) atoms. The second-order valence-corrected chi connectivity index (χ2v) is 5.60. The molecule has 5 heteroatoms. The van der Waals surface area contributed by atoms with Crippen LogP contribution in [0.2, 0.25) is 0 Å². The van der Waals surface area contributed by atoms with Gasteiger partial charge in [-0.2, -0.15) is 0 Å². The fraction of sp³-hybridized carbons (Fsp3) is 0.118. The zero-order valence-corrected chi connectivity index (χ0v) is 12.9. The number of hydrogen-bond donors (Lipinski definition) is 1. The van der Waals surface area contributed by atoms with Crippen LogP contribution in [-0.2, 0) is 6.54 Å². The molecule has 0 bridgehead atoms. The minimum Gasteiger partial charge on any atom is -0.497 e. The summed E-state index contributed by atoms with van der Waals surface area (Å²) in [6.07, 6.45) is 0. The summed E-state index contributed by atoms with van der Waals surface area (Å²) < 4.78 is 18.0. The van der Waals surface area contributed by atoms with Gasteiger partial charge in [0.1, 0.15) is 11.6 Å². The summed E-state index contributed by atoms with van der Waals surface area (Å²) in [6.45, 7) is 0.621. The van der Waals surface area contributed by atoms with E-state index in [1.54, 1.807) is 30.6 Å². The van der Waals surface area contributed by atoms with Crippen molar-refractivity contribution in [2.45, 2.75) is 6.54 Å². The van der Waals surface area contributed by atoms with E-state index in [9.17, 15) is 4.39 Å². The maximum Gasteiger partial charge on any atom is 0.183 e. The first-order chi connectivity index (χ1) is 10.7. The highest BCUT2D eigenvalue weighted by molar-refractivity contribution is 7.14. The smallest absolute Gasteiger partial charge is 0.183 e. The van der Waals surface area contributed by atoms with Crippen LogP contribution in [0.25, 0.3) is 11.3 Å². The molecule has 1 heterocycles. The molecule has 3 rings (SSSR count). The molecule has 0 aliphatic rings. The SMILES string of the molecule is COc1ccc(-c2csc(NCc3ccc(F)cc3)n2)cc1. The molecule has 0 radical (unpaired) electrons. The van der Waals surface area contributed by atoms with Gasteiger partial charge >= 0.3 is 0 Å². The van der Waals surface area contributed by atoms with E-state index in [-0.39, 0.29) is 5.82 Å². The van der Waals surface area contributed by atoms with Crippen molar-refractivity contribution in [2.75, 3.05) is 12.4 Å². The van der Waals surface area contributed by atoms with Crippen molar-refractivity contribution in [3.8, 4) is 17.0 Å². The Balaban J connectivity index is 1.66. The molecule has 2 aromatic carbocycles. The van der Waals surface area contributed by atoms with E-state index in [2.05, 4.69) is 10.3 Å². The zero-order chi connectivity index (χ0) is 15.4. The van der Waals surface area contributed by atoms with E-state index in [4.69, 9.17) is 4.74 Å². The number of nitrogens with zero attached hydrogens (tertiary/aromatic N) is 1. The third kappa shape index (κ3) is 3.43. The Labute approximate surface area is 132 Å². The number of methoxy groups -OCH3 is 1. The minimum absolute atomic E-state index is 0.222. The normalized spacial score (nSPS) is 10.5. The first-order valence-electron chi connectivity index (χ1n) is 6.83. The van der Waals surface area contributed by atoms with E-state index in [0.29, 0.717) is 6.54 Å². The Kier molecular flexibility index (Phi) is 4.34. The van der Waals surface area contributed by atoms with Crippen LogP contribution in [0.3, 0.4) is 0 Å². The Hall–Kier alpha value is -2.40. The van der Waals surface area contributed by atoms with Crippen molar-refractivity contribution in [3.05, 3.63) is 65.3 Å². The van der Waals surface area contributed by atoms with Gasteiger partial charge in [0.2, 0.25) is 0 Å². The summed E-state index contributed by atoms with van der Waals surface area (Å²) in [4.78, 5) is 4.56. The van der Waals surface area contributed by atoms with Gasteiger partial charge in [-0.15, -0.1) is 11.3 Å². The Morgan fingerprint density at radius 2 is 1.82 bits per heavy atom. The molecular formula is C17H15FN2OS. The van der Waals surface area contributed by atoms with Crippen LogP contribution in [0.5, 0.6) is 5.75 Å². The molecule has 0 saturated carbocycles. The van der Waals surface area contributed by atoms with Gasteiger partial charge in [0.15, 0.2) is 5.13 Å². The first kappa shape index (κ1) is 14.5. The average Bonchev–Trinajstić information content (AvgIpc) is 3.03. The van der Waals surface area contributed by atoms with Crippen LogP contribution >= 0.6 is 11.3 Å². The fourth-order valence-corrected chi connectivity index (χ4v) is 2.75. The van der Waals surface area contributed by atoms with Crippen molar-refractivity contribution in [1.82, 2.24) is 4.98 Å². The summed E-state index contributed by atoms with van der Waals surface area (Å²) >= 11 is 1.55. The molecule has 0 spiro atoms. The van der Waals surface area contributed by atoms with E-state index in [1.807, 2.05) is 29.6 Å². The van der Waals surface area contributed by atoms with E-state index in [0.717, 1.165) is 27.7 Å². The zero-order valence-electron chi connectivity index (χ0n) is 12.0. The average molecular weight is 314 g/mol. The molecule has 0 unspecified atom stereocenters. The highest BCUT2D eigenvalue weighted by Gasteiger charge is 2.05. The molecular weight excluding hydrogens is 299 g/mol. The Bertz CT molecular complexity index is 738. The van der Waals surface area contributed by atoms with Crippen molar-refractivity contribution < 1.29 is 9.13 Å². The second kappa shape index (κ2) is 6.58. The number of hydrogen-bond acceptors (Lipinski definition) is 4. The molecule has 0 aliphatic carbocycles. The summed E-state index contributed by atoms with van der Waals surface area (Å²) in [5.41, 5.74) is 2.99.